The highest BCUT2D eigenvalue weighted by molar-refractivity contribution is 5.67. The van der Waals surface area contributed by atoms with E-state index in [-0.39, 0.29) is 6.09 Å². The van der Waals surface area contributed by atoms with E-state index in [9.17, 15) is 4.79 Å². The number of amides is 1. The number of hydrogen-bond acceptors (Lipinski definition) is 3. The number of rotatable bonds is 6. The van der Waals surface area contributed by atoms with E-state index < -0.39 is 5.60 Å². The fraction of sp³-hybridized carbons (Fsp3) is 0.350. The second kappa shape index (κ2) is 8.39. The Hall–Kier alpha value is -2.49. The molecule has 2 aromatic rings. The number of carbonyl (C=O) groups excluding carboxylic acids is 1. The molecule has 4 nitrogen and oxygen atoms in total. The van der Waals surface area contributed by atoms with E-state index in [1.165, 1.54) is 0 Å². The standard InChI is InChI=1S/C20H25NO3/c1-20(2,3)24-19(22)21-13-12-16-10-7-11-18(14-16)23-15-17-8-5-4-6-9-17/h4-11,14H,12-13,15H2,1-3H3,(H,21,22). The summed E-state index contributed by atoms with van der Waals surface area (Å²) in [7, 11) is 0. The Morgan fingerprint density at radius 1 is 1.00 bits per heavy atom. The zero-order chi connectivity index (χ0) is 17.4. The summed E-state index contributed by atoms with van der Waals surface area (Å²) in [4.78, 5) is 11.6. The third-order valence-electron chi connectivity index (χ3n) is 3.23. The van der Waals surface area contributed by atoms with E-state index in [0.717, 1.165) is 23.3 Å². The quantitative estimate of drug-likeness (QED) is 0.859. The summed E-state index contributed by atoms with van der Waals surface area (Å²) in [6, 6.07) is 18.0. The molecule has 0 aromatic heterocycles. The number of carbonyl (C=O) groups is 1. The summed E-state index contributed by atoms with van der Waals surface area (Å²) < 4.78 is 11.0. The minimum Gasteiger partial charge on any atom is -0.489 e. The van der Waals surface area contributed by atoms with Crippen LogP contribution in [0, 0.1) is 0 Å². The summed E-state index contributed by atoms with van der Waals surface area (Å²) in [6.07, 6.45) is 0.334. The van der Waals surface area contributed by atoms with Gasteiger partial charge in [0, 0.05) is 6.54 Å². The van der Waals surface area contributed by atoms with E-state index in [4.69, 9.17) is 9.47 Å². The van der Waals surface area contributed by atoms with E-state index in [1.807, 2.05) is 75.4 Å². The number of hydrogen-bond donors (Lipinski definition) is 1. The van der Waals surface area contributed by atoms with Gasteiger partial charge in [-0.15, -0.1) is 0 Å². The van der Waals surface area contributed by atoms with Crippen molar-refractivity contribution in [3.8, 4) is 5.75 Å². The smallest absolute Gasteiger partial charge is 0.407 e. The monoisotopic (exact) mass is 327 g/mol. The first-order valence-corrected chi connectivity index (χ1v) is 8.15. The van der Waals surface area contributed by atoms with Gasteiger partial charge in [-0.25, -0.2) is 4.79 Å². The van der Waals surface area contributed by atoms with Gasteiger partial charge in [-0.2, -0.15) is 0 Å². The van der Waals surface area contributed by atoms with Crippen molar-refractivity contribution in [2.75, 3.05) is 6.54 Å². The fourth-order valence-electron chi connectivity index (χ4n) is 2.15. The average molecular weight is 327 g/mol. The summed E-state index contributed by atoms with van der Waals surface area (Å²) in [5, 5.41) is 2.76. The third-order valence-corrected chi connectivity index (χ3v) is 3.23. The maximum atomic E-state index is 11.6. The largest absolute Gasteiger partial charge is 0.489 e. The van der Waals surface area contributed by atoms with Gasteiger partial charge < -0.3 is 14.8 Å². The maximum Gasteiger partial charge on any atom is 0.407 e. The van der Waals surface area contributed by atoms with Gasteiger partial charge >= 0.3 is 6.09 Å². The van der Waals surface area contributed by atoms with Crippen molar-refractivity contribution in [3.05, 3.63) is 65.7 Å². The highest BCUT2D eigenvalue weighted by Gasteiger charge is 2.15. The molecule has 0 spiro atoms. The third kappa shape index (κ3) is 6.73. The molecule has 0 aliphatic carbocycles. The van der Waals surface area contributed by atoms with Crippen molar-refractivity contribution in [1.82, 2.24) is 5.32 Å². The van der Waals surface area contributed by atoms with Gasteiger partial charge in [0.05, 0.1) is 0 Å². The Bertz CT molecular complexity index is 647. The second-order valence-corrected chi connectivity index (χ2v) is 6.60. The highest BCUT2D eigenvalue weighted by atomic mass is 16.6. The van der Waals surface area contributed by atoms with Gasteiger partial charge in [0.1, 0.15) is 18.0 Å². The van der Waals surface area contributed by atoms with Crippen molar-refractivity contribution >= 4 is 6.09 Å². The fourth-order valence-corrected chi connectivity index (χ4v) is 2.15. The molecule has 24 heavy (non-hydrogen) atoms. The van der Waals surface area contributed by atoms with E-state index in [2.05, 4.69) is 5.32 Å². The molecule has 0 aliphatic heterocycles. The first kappa shape index (κ1) is 17.9. The topological polar surface area (TPSA) is 47.6 Å². The summed E-state index contributed by atoms with van der Waals surface area (Å²) in [5.74, 6) is 0.827. The molecule has 0 heterocycles. The molecule has 1 N–H and O–H groups in total. The van der Waals surface area contributed by atoms with Gasteiger partial charge in [0.15, 0.2) is 0 Å². The van der Waals surface area contributed by atoms with Crippen molar-refractivity contribution in [2.24, 2.45) is 0 Å². The Balaban J connectivity index is 1.79. The molecule has 0 saturated heterocycles. The lowest BCUT2D eigenvalue weighted by Crippen LogP contribution is -2.33. The molecule has 0 fully saturated rings. The molecule has 128 valence electrons. The van der Waals surface area contributed by atoms with Crippen LogP contribution in [0.5, 0.6) is 5.75 Å². The summed E-state index contributed by atoms with van der Waals surface area (Å²) in [5.41, 5.74) is 1.76. The summed E-state index contributed by atoms with van der Waals surface area (Å²) >= 11 is 0. The number of alkyl carbamates (subject to hydrolysis) is 1. The SMILES string of the molecule is CC(C)(C)OC(=O)NCCc1cccc(OCc2ccccc2)c1. The molecule has 0 aliphatic rings. The number of ether oxygens (including phenoxy) is 2. The Kier molecular flexibility index (Phi) is 6.24. The highest BCUT2D eigenvalue weighted by Crippen LogP contribution is 2.15. The van der Waals surface area contributed by atoms with Crippen LogP contribution in [-0.2, 0) is 17.8 Å². The van der Waals surface area contributed by atoms with Crippen LogP contribution in [-0.4, -0.2) is 18.2 Å². The molecule has 2 aromatic carbocycles. The maximum absolute atomic E-state index is 11.6. The molecule has 0 unspecified atom stereocenters. The van der Waals surface area contributed by atoms with Crippen molar-refractivity contribution < 1.29 is 14.3 Å². The van der Waals surface area contributed by atoms with Gasteiger partial charge in [-0.1, -0.05) is 42.5 Å². The number of benzene rings is 2. The molecular weight excluding hydrogens is 302 g/mol. The zero-order valence-electron chi connectivity index (χ0n) is 14.5. The lowest BCUT2D eigenvalue weighted by molar-refractivity contribution is 0.0528. The van der Waals surface area contributed by atoms with Crippen molar-refractivity contribution in [2.45, 2.75) is 39.4 Å². The minimum absolute atomic E-state index is 0.390. The van der Waals surface area contributed by atoms with E-state index >= 15 is 0 Å². The molecule has 0 saturated carbocycles. The van der Waals surface area contributed by atoms with Crippen LogP contribution in [0.2, 0.25) is 0 Å². The van der Waals surface area contributed by atoms with Gasteiger partial charge in [0.2, 0.25) is 0 Å². The van der Waals surface area contributed by atoms with Crippen LogP contribution in [0.1, 0.15) is 31.9 Å². The normalized spacial score (nSPS) is 11.0. The molecule has 4 heteroatoms. The van der Waals surface area contributed by atoms with Gasteiger partial charge in [-0.3, -0.25) is 0 Å². The lowest BCUT2D eigenvalue weighted by atomic mass is 10.1. The summed E-state index contributed by atoms with van der Waals surface area (Å²) in [6.45, 7) is 6.61. The van der Waals surface area contributed by atoms with Crippen molar-refractivity contribution in [3.63, 3.8) is 0 Å². The van der Waals surface area contributed by atoms with Crippen LogP contribution in [0.25, 0.3) is 0 Å². The zero-order valence-corrected chi connectivity index (χ0v) is 14.5. The van der Waals surface area contributed by atoms with Crippen molar-refractivity contribution in [1.29, 1.82) is 0 Å². The Morgan fingerprint density at radius 2 is 1.71 bits per heavy atom. The average Bonchev–Trinajstić information content (AvgIpc) is 2.53. The molecular formula is C20H25NO3. The Morgan fingerprint density at radius 3 is 2.42 bits per heavy atom. The van der Waals surface area contributed by atoms with Crippen LogP contribution >= 0.6 is 0 Å². The van der Waals surface area contributed by atoms with Crippen LogP contribution in [0.4, 0.5) is 4.79 Å². The number of nitrogens with one attached hydrogen (secondary N) is 1. The second-order valence-electron chi connectivity index (χ2n) is 6.60. The minimum atomic E-state index is -0.477. The van der Waals surface area contributed by atoms with Gasteiger partial charge in [-0.05, 0) is 50.5 Å². The molecule has 1 amide bonds. The van der Waals surface area contributed by atoms with Crippen LogP contribution < -0.4 is 10.1 Å². The Labute approximate surface area is 143 Å². The molecule has 0 atom stereocenters. The molecule has 0 bridgehead atoms. The molecule has 2 rings (SSSR count). The van der Waals surface area contributed by atoms with E-state index in [0.29, 0.717) is 13.2 Å². The first-order valence-electron chi connectivity index (χ1n) is 8.15. The predicted molar refractivity (Wildman–Crippen MR) is 95.2 cm³/mol. The first-order chi connectivity index (χ1) is 11.4. The van der Waals surface area contributed by atoms with E-state index in [1.54, 1.807) is 0 Å². The van der Waals surface area contributed by atoms with Crippen LogP contribution in [0.3, 0.4) is 0 Å². The predicted octanol–water partition coefficient (Wildman–Crippen LogP) is 4.33. The lowest BCUT2D eigenvalue weighted by Gasteiger charge is -2.19. The van der Waals surface area contributed by atoms with Crippen LogP contribution in [0.15, 0.2) is 54.6 Å². The van der Waals surface area contributed by atoms with Gasteiger partial charge in [0.25, 0.3) is 0 Å². The molecule has 0 radical (unpaired) electrons.